The van der Waals surface area contributed by atoms with Gasteiger partial charge in [0.1, 0.15) is 12.4 Å². The first-order valence-corrected chi connectivity index (χ1v) is 14.1. The monoisotopic (exact) mass is 692 g/mol. The number of carbonyl (C=O) groups excluding carboxylic acids is 1. The molecule has 0 aliphatic heterocycles. The van der Waals surface area contributed by atoms with Gasteiger partial charge in [0.15, 0.2) is 5.16 Å². The van der Waals surface area contributed by atoms with E-state index in [1.165, 1.54) is 0 Å². The molecule has 0 fully saturated rings. The molecule has 1 amide bonds. The summed E-state index contributed by atoms with van der Waals surface area (Å²) in [6, 6.07) is -16.2. The highest BCUT2D eigenvalue weighted by Crippen LogP contribution is 2.31. The van der Waals surface area contributed by atoms with Crippen LogP contribution in [0.3, 0.4) is 0 Å². The second-order valence-corrected chi connectivity index (χ2v) is 10.00. The zero-order chi connectivity index (χ0) is 56.5. The number of likely N-dealkylation sites (N-methyl/N-ethyl adjacent to an activating group) is 1. The molecule has 1 aromatic heterocycles. The van der Waals surface area contributed by atoms with Crippen molar-refractivity contribution in [2.75, 3.05) is 26.0 Å². The third-order valence-corrected chi connectivity index (χ3v) is 7.00. The van der Waals surface area contributed by atoms with Crippen LogP contribution in [0.5, 0.6) is 0 Å². The van der Waals surface area contributed by atoms with Gasteiger partial charge >= 0.3 is 6.18 Å². The number of carbonyl (C=O) groups is 1. The minimum absolute atomic E-state index is 0.166. The Kier molecular flexibility index (Phi) is 4.64. The number of hydrogen-bond acceptors (Lipinski definition) is 5. The Hall–Kier alpha value is -3.96. The first-order chi connectivity index (χ1) is 32.7. The van der Waals surface area contributed by atoms with Crippen LogP contribution in [0.1, 0.15) is 83.8 Å². The van der Waals surface area contributed by atoms with E-state index < -0.39 is 204 Å². The number of amides is 1. The third-order valence-electron chi connectivity index (χ3n) is 6.00. The summed E-state index contributed by atoms with van der Waals surface area (Å²) >= 11 is 0.166. The van der Waals surface area contributed by atoms with Crippen molar-refractivity contribution in [2.45, 2.75) is 63.1 Å². The van der Waals surface area contributed by atoms with Crippen LogP contribution >= 0.6 is 11.8 Å². The summed E-state index contributed by atoms with van der Waals surface area (Å²) in [5.41, 5.74) is -10.5. The molecule has 0 saturated carbocycles. The van der Waals surface area contributed by atoms with E-state index in [-0.39, 0.29) is 26.1 Å². The fraction of sp³-hybridized carbons (Fsp3) is 0.361. The molecule has 0 spiro atoms. The molecule has 0 unspecified atom stereocenters. The molecule has 0 bridgehead atoms. The van der Waals surface area contributed by atoms with Crippen molar-refractivity contribution < 1.29 is 58.0 Å². The highest BCUT2D eigenvalue weighted by atomic mass is 32.2. The minimum Gasteiger partial charge on any atom is -0.336 e. The number of hydrogen-bond donors (Lipinski definition) is 0. The largest absolute Gasteiger partial charge is 0.416 e. The molecule has 0 radical (unpaired) electrons. The van der Waals surface area contributed by atoms with Crippen molar-refractivity contribution in [1.29, 1.82) is 0 Å². The molecule has 0 atom stereocenters. The van der Waals surface area contributed by atoms with Crippen molar-refractivity contribution in [3.63, 3.8) is 0 Å². The first kappa shape index (κ1) is 14.3. The van der Waals surface area contributed by atoms with E-state index >= 15 is 4.79 Å². The van der Waals surface area contributed by atoms with Crippen LogP contribution in [0.25, 0.3) is 11.1 Å². The number of alkyl halides is 3. The van der Waals surface area contributed by atoms with Crippen LogP contribution in [0, 0.1) is 5.82 Å². The maximum absolute atomic E-state index is 15.1. The third kappa shape index (κ3) is 8.70. The average Bonchev–Trinajstić information content (AvgIpc) is 3.34. The molecule has 0 N–H and O–H groups in total. The fourth-order valence-electron chi connectivity index (χ4n) is 3.74. The lowest BCUT2D eigenvalue weighted by molar-refractivity contribution is -0.137. The molecule has 0 saturated heterocycles. The molecule has 11 heteroatoms. The number of nitrogens with zero attached hydrogens (tertiary/aromatic N) is 4. The maximum atomic E-state index is 15.1. The van der Waals surface area contributed by atoms with E-state index in [2.05, 4.69) is 4.98 Å². The van der Waals surface area contributed by atoms with Gasteiger partial charge in [-0.15, -0.1) is 0 Å². The van der Waals surface area contributed by atoms with Crippen molar-refractivity contribution in [1.82, 2.24) is 19.4 Å². The Morgan fingerprint density at radius 3 is 2.19 bits per heavy atom. The zero-order valence-corrected chi connectivity index (χ0v) is 25.0. The standard InChI is InChI=1S/C36H38F4N4O2S/c1-3-42(4-2)20-21-43(22-25-8-12-27(13-9-25)28-14-16-29(17-15-28)36(38,39)40)33(45)23-44-32-7-5-6-31(32)34(46)41-35(44)47-24-26-10-18-30(37)19-11-26/h8-19H,3-7,20-24H2,1-2H3/i3D2,4D2,5D2,6D2,7D2,8D,9D,10D,11D,12D,13D,14D,15D,16D,17D,18D,19D,20D2,21D2. The van der Waals surface area contributed by atoms with Crippen LogP contribution in [0.4, 0.5) is 17.6 Å². The number of fused-ring (bicyclic) bond motifs is 1. The van der Waals surface area contributed by atoms with Gasteiger partial charge < -0.3 is 14.4 Å². The van der Waals surface area contributed by atoms with Gasteiger partial charge in [0.25, 0.3) is 5.56 Å². The van der Waals surface area contributed by atoms with Gasteiger partial charge in [-0.25, -0.2) is 4.39 Å². The molecular formula is C36H38F4N4O2S. The molecule has 248 valence electrons. The minimum atomic E-state index is -5.47. The first-order valence-electron chi connectivity index (χ1n) is 26.1. The Bertz CT molecular complexity index is 2930. The number of benzene rings is 3. The fourth-order valence-corrected chi connectivity index (χ4v) is 4.62. The van der Waals surface area contributed by atoms with E-state index in [0.717, 1.165) is 0 Å². The summed E-state index contributed by atoms with van der Waals surface area (Å²) in [5, 5.41) is -0.958. The van der Waals surface area contributed by atoms with Crippen LogP contribution in [0.15, 0.2) is 82.5 Å². The van der Waals surface area contributed by atoms with Gasteiger partial charge in [0.05, 0.1) is 24.8 Å². The van der Waals surface area contributed by atoms with Crippen LogP contribution < -0.4 is 5.56 Å². The quantitative estimate of drug-likeness (QED) is 0.0842. The molecule has 5 rings (SSSR count). The Balaban J connectivity index is 1.86. The second-order valence-electron chi connectivity index (χ2n) is 9.05. The van der Waals surface area contributed by atoms with E-state index in [4.69, 9.17) is 32.9 Å². The topological polar surface area (TPSA) is 58.4 Å². The normalized spacial score (nSPS) is 25.3. The molecule has 1 aliphatic carbocycles. The van der Waals surface area contributed by atoms with E-state index in [1.54, 1.807) is 0 Å². The molecule has 6 nitrogen and oxygen atoms in total. The summed E-state index contributed by atoms with van der Waals surface area (Å²) in [4.78, 5) is 31.8. The van der Waals surface area contributed by atoms with Gasteiger partial charge in [0.2, 0.25) is 5.91 Å². The number of rotatable bonds is 13. The zero-order valence-electron chi connectivity index (χ0n) is 50.1. The van der Waals surface area contributed by atoms with Crippen molar-refractivity contribution in [3.8, 4) is 11.1 Å². The summed E-state index contributed by atoms with van der Waals surface area (Å²) in [7, 11) is 0. The second kappa shape index (κ2) is 15.3. The van der Waals surface area contributed by atoms with E-state index in [9.17, 15) is 25.1 Å². The van der Waals surface area contributed by atoms with Crippen molar-refractivity contribution >= 4 is 17.7 Å². The molecule has 3 aromatic carbocycles. The lowest BCUT2D eigenvalue weighted by atomic mass is 10.0. The maximum Gasteiger partial charge on any atom is 0.416 e. The predicted molar refractivity (Wildman–Crippen MR) is 177 cm³/mol. The average molecular weight is 693 g/mol. The number of aromatic nitrogens is 2. The summed E-state index contributed by atoms with van der Waals surface area (Å²) < 4.78 is 277. The predicted octanol–water partition coefficient (Wildman–Crippen LogP) is 7.22. The van der Waals surface area contributed by atoms with Crippen LogP contribution in [-0.2, 0) is 42.6 Å². The summed E-state index contributed by atoms with van der Waals surface area (Å²) in [6.45, 7) is -17.2. The van der Waals surface area contributed by atoms with Gasteiger partial charge in [-0.2, -0.15) is 18.2 Å². The summed E-state index contributed by atoms with van der Waals surface area (Å²) in [5.74, 6) is -4.40. The van der Waals surface area contributed by atoms with E-state index in [1.807, 2.05) is 0 Å². The van der Waals surface area contributed by atoms with Gasteiger partial charge in [-0.05, 0) is 78.5 Å². The lowest BCUT2D eigenvalue weighted by Gasteiger charge is -2.28. The van der Waals surface area contributed by atoms with Crippen molar-refractivity contribution in [3.05, 3.63) is 117 Å². The van der Waals surface area contributed by atoms with E-state index in [0.29, 0.717) is 13.8 Å². The Morgan fingerprint density at radius 2 is 1.57 bits per heavy atom. The molecule has 4 aromatic rings. The SMILES string of the molecule is [2H]c1c([2H])c(CSc2nc(=O)c3c(n2CC(=O)N(Cc2c([2H])c([2H])c(-c4c([2H])c([2H])c(C(F)(F)F)c([2H])c4[2H])c([2H])c2[2H])C([2H])([2H])C([2H])([2H])N(C([2H])([2H])C)C([2H])([2H])C)C([2H])([2H])C([2H])([2H])C3([2H])[2H])c([2H])c([2H])c1F. The smallest absolute Gasteiger partial charge is 0.336 e. The van der Waals surface area contributed by atoms with Gasteiger partial charge in [0, 0.05) is 53.0 Å². The van der Waals surface area contributed by atoms with Crippen LogP contribution in [0.2, 0.25) is 0 Å². The summed E-state index contributed by atoms with van der Waals surface area (Å²) in [6.07, 6.45) is -16.5. The lowest BCUT2D eigenvalue weighted by Crippen LogP contribution is -2.40. The number of thioether (sulfide) groups is 1. The van der Waals surface area contributed by atoms with Crippen LogP contribution in [-0.4, -0.2) is 51.2 Å². The van der Waals surface area contributed by atoms with Gasteiger partial charge in [-0.1, -0.05) is 73.9 Å². The number of halogens is 4. The molecule has 47 heavy (non-hydrogen) atoms. The Labute approximate surface area is 313 Å². The Morgan fingerprint density at radius 1 is 0.957 bits per heavy atom. The highest BCUT2D eigenvalue weighted by molar-refractivity contribution is 7.98. The molecule has 1 heterocycles. The van der Waals surface area contributed by atoms with Crippen molar-refractivity contribution in [2.24, 2.45) is 0 Å². The molecular weight excluding hydrogens is 628 g/mol. The van der Waals surface area contributed by atoms with Gasteiger partial charge in [-0.3, -0.25) is 9.59 Å². The molecule has 1 aliphatic rings. The highest BCUT2D eigenvalue weighted by Gasteiger charge is 2.30.